The molecule has 0 aromatic heterocycles. The predicted octanol–water partition coefficient (Wildman–Crippen LogP) is 4.83. The van der Waals surface area contributed by atoms with E-state index in [1.807, 2.05) is 0 Å². The molecule has 4 rings (SSSR count). The Balaban J connectivity index is 1.61. The number of nitrogens with zero attached hydrogens (tertiary/aromatic N) is 1. The molecule has 2 aromatic carbocycles. The van der Waals surface area contributed by atoms with Crippen LogP contribution in [0.4, 0.5) is 11.4 Å². The number of quaternary nitrogens is 1. The maximum absolute atomic E-state index is 2.32. The lowest BCUT2D eigenvalue weighted by Crippen LogP contribution is -3.02. The van der Waals surface area contributed by atoms with E-state index in [-0.39, 0.29) is 0 Å². The Kier molecular flexibility index (Phi) is 5.08. The summed E-state index contributed by atoms with van der Waals surface area (Å²) in [6, 6.07) is 17.4. The molecule has 2 atom stereocenters. The fourth-order valence-electron chi connectivity index (χ4n) is 3.98. The number of rotatable bonds is 4. The Hall–Kier alpha value is -2.84. The molecule has 0 aliphatic carbocycles. The van der Waals surface area contributed by atoms with Crippen LogP contribution in [0.1, 0.15) is 30.9 Å². The van der Waals surface area contributed by atoms with Crippen LogP contribution in [0.2, 0.25) is 0 Å². The van der Waals surface area contributed by atoms with Crippen molar-refractivity contribution in [2.45, 2.75) is 19.8 Å². The van der Waals surface area contributed by atoms with Crippen LogP contribution >= 0.6 is 0 Å². The third-order valence-electron chi connectivity index (χ3n) is 5.44. The smallest absolute Gasteiger partial charge is 0.139 e. The molecule has 2 unspecified atom stereocenters. The number of anilines is 1. The zero-order valence-electron chi connectivity index (χ0n) is 16.1. The van der Waals surface area contributed by atoms with Gasteiger partial charge in [0.1, 0.15) is 5.69 Å². The summed E-state index contributed by atoms with van der Waals surface area (Å²) in [5.41, 5.74) is 6.65. The lowest BCUT2D eigenvalue weighted by atomic mass is 9.93. The molecule has 2 aliphatic rings. The van der Waals surface area contributed by atoms with Crippen LogP contribution in [0.25, 0.3) is 5.57 Å². The first-order valence-electron chi connectivity index (χ1n) is 9.88. The van der Waals surface area contributed by atoms with Crippen molar-refractivity contribution in [3.05, 3.63) is 102 Å². The summed E-state index contributed by atoms with van der Waals surface area (Å²) in [5, 5.41) is 0. The molecule has 0 spiro atoms. The van der Waals surface area contributed by atoms with Crippen molar-refractivity contribution >= 4 is 16.9 Å². The van der Waals surface area contributed by atoms with Gasteiger partial charge in [-0.25, -0.2) is 0 Å². The topological polar surface area (TPSA) is 7.68 Å². The summed E-state index contributed by atoms with van der Waals surface area (Å²) in [6.07, 6.45) is 15.7. The minimum Gasteiger partial charge on any atom is -0.348 e. The average Bonchev–Trinajstić information content (AvgIpc) is 2.74. The first kappa shape index (κ1) is 17.6. The van der Waals surface area contributed by atoms with Gasteiger partial charge in [-0.2, -0.15) is 0 Å². The van der Waals surface area contributed by atoms with E-state index in [9.17, 15) is 0 Å². The van der Waals surface area contributed by atoms with Crippen LogP contribution in [-0.4, -0.2) is 13.1 Å². The quantitative estimate of drug-likeness (QED) is 0.826. The minimum atomic E-state index is 0.336. The summed E-state index contributed by atoms with van der Waals surface area (Å²) in [4.78, 5) is 3.72. The maximum atomic E-state index is 2.32. The van der Waals surface area contributed by atoms with Crippen molar-refractivity contribution in [2.24, 2.45) is 0 Å². The highest BCUT2D eigenvalue weighted by atomic mass is 15.1. The van der Waals surface area contributed by atoms with Crippen LogP contribution in [-0.2, 0) is 0 Å². The predicted molar refractivity (Wildman–Crippen MR) is 115 cm³/mol. The largest absolute Gasteiger partial charge is 0.348 e. The van der Waals surface area contributed by atoms with E-state index in [4.69, 9.17) is 0 Å². The number of hydrogen-bond acceptors (Lipinski definition) is 1. The summed E-state index contributed by atoms with van der Waals surface area (Å²) in [7, 11) is 0. The first-order valence-corrected chi connectivity index (χ1v) is 9.88. The Bertz CT molecular complexity index is 933. The maximum Gasteiger partial charge on any atom is 0.139 e. The van der Waals surface area contributed by atoms with Crippen LogP contribution in [0.3, 0.4) is 0 Å². The van der Waals surface area contributed by atoms with Crippen molar-refractivity contribution in [3.8, 4) is 0 Å². The molecule has 0 amide bonds. The first-order chi connectivity index (χ1) is 13.3. The fourth-order valence-corrected chi connectivity index (χ4v) is 3.98. The second-order valence-electron chi connectivity index (χ2n) is 6.98. The van der Waals surface area contributed by atoms with Gasteiger partial charge in [0.05, 0.1) is 12.7 Å². The summed E-state index contributed by atoms with van der Waals surface area (Å²) in [5.74, 6) is 0.336. The van der Waals surface area contributed by atoms with Crippen LogP contribution in [0.5, 0.6) is 0 Å². The lowest BCUT2D eigenvalue weighted by molar-refractivity contribution is -0.774. The number of benzene rings is 2. The number of para-hydroxylation sites is 2. The van der Waals surface area contributed by atoms with Gasteiger partial charge in [-0.05, 0) is 43.7 Å². The molecular weight excluding hydrogens is 328 g/mol. The molecule has 2 nitrogen and oxygen atoms in total. The van der Waals surface area contributed by atoms with Crippen molar-refractivity contribution in [1.29, 1.82) is 0 Å². The number of nitrogens with one attached hydrogen (secondary N) is 1. The standard InChI is InChI=1S/C25H26N2/c1-3-26-18-16-20(22-12-5-7-14-24(22)26)10-9-11-21-17-19-27(4-2)25-15-8-6-13-23(21)25/h5-20H,3-4H2,1-2H3/p+1. The van der Waals surface area contributed by atoms with Crippen molar-refractivity contribution in [3.63, 3.8) is 0 Å². The monoisotopic (exact) mass is 355 g/mol. The lowest BCUT2D eigenvalue weighted by Gasteiger charge is -2.26. The molecule has 0 saturated carbocycles. The molecule has 0 bridgehead atoms. The molecule has 0 radical (unpaired) electrons. The molecule has 136 valence electrons. The van der Waals surface area contributed by atoms with Gasteiger partial charge in [-0.1, -0.05) is 54.6 Å². The van der Waals surface area contributed by atoms with Gasteiger partial charge in [-0.3, -0.25) is 4.90 Å². The Labute approximate surface area is 162 Å². The second-order valence-corrected chi connectivity index (χ2v) is 6.98. The molecule has 27 heavy (non-hydrogen) atoms. The van der Waals surface area contributed by atoms with Crippen LogP contribution in [0.15, 0.2) is 91.3 Å². The van der Waals surface area contributed by atoms with E-state index in [1.165, 1.54) is 33.0 Å². The van der Waals surface area contributed by atoms with Gasteiger partial charge in [0.2, 0.25) is 0 Å². The van der Waals surface area contributed by atoms with Gasteiger partial charge < -0.3 is 4.90 Å². The van der Waals surface area contributed by atoms with Gasteiger partial charge in [0.25, 0.3) is 0 Å². The SMILES string of the molecule is CCN1C=CC(=CC=CC2C=C[NH+](CC)c3ccccc32)c2ccccc21. The number of allylic oxidation sites excluding steroid dienone is 6. The minimum absolute atomic E-state index is 0.336. The zero-order chi connectivity index (χ0) is 18.6. The van der Waals surface area contributed by atoms with E-state index < -0.39 is 0 Å². The summed E-state index contributed by atoms with van der Waals surface area (Å²) >= 11 is 0. The highest BCUT2D eigenvalue weighted by Gasteiger charge is 2.21. The van der Waals surface area contributed by atoms with E-state index in [0.29, 0.717) is 5.92 Å². The summed E-state index contributed by atoms with van der Waals surface area (Å²) in [6.45, 7) is 6.47. The molecule has 0 fully saturated rings. The zero-order valence-corrected chi connectivity index (χ0v) is 16.1. The van der Waals surface area contributed by atoms with Crippen molar-refractivity contribution < 1.29 is 4.90 Å². The third-order valence-corrected chi connectivity index (χ3v) is 5.44. The molecule has 2 aliphatic heterocycles. The summed E-state index contributed by atoms with van der Waals surface area (Å²) < 4.78 is 0. The van der Waals surface area contributed by atoms with Crippen molar-refractivity contribution in [1.82, 2.24) is 0 Å². The van der Waals surface area contributed by atoms with E-state index >= 15 is 0 Å². The molecular formula is C25H27N2+. The van der Waals surface area contributed by atoms with Gasteiger partial charge in [-0.15, -0.1) is 0 Å². The third kappa shape index (κ3) is 3.41. The molecule has 2 heterocycles. The van der Waals surface area contributed by atoms with Gasteiger partial charge >= 0.3 is 0 Å². The van der Waals surface area contributed by atoms with E-state index in [0.717, 1.165) is 13.1 Å². The van der Waals surface area contributed by atoms with E-state index in [1.54, 1.807) is 0 Å². The highest BCUT2D eigenvalue weighted by molar-refractivity contribution is 5.86. The normalized spacial score (nSPS) is 22.3. The Morgan fingerprint density at radius 2 is 1.85 bits per heavy atom. The fraction of sp³-hybridized carbons (Fsp3) is 0.200. The van der Waals surface area contributed by atoms with Crippen molar-refractivity contribution in [2.75, 3.05) is 18.0 Å². The molecule has 0 saturated heterocycles. The van der Waals surface area contributed by atoms with Crippen LogP contribution < -0.4 is 9.80 Å². The second kappa shape index (κ2) is 7.81. The van der Waals surface area contributed by atoms with Crippen LogP contribution in [0, 0.1) is 0 Å². The van der Waals surface area contributed by atoms with Gasteiger partial charge in [0.15, 0.2) is 0 Å². The van der Waals surface area contributed by atoms with Gasteiger partial charge in [0, 0.05) is 35.5 Å². The Morgan fingerprint density at radius 3 is 2.70 bits per heavy atom. The van der Waals surface area contributed by atoms with E-state index in [2.05, 4.69) is 110 Å². The molecule has 2 aromatic rings. The Morgan fingerprint density at radius 1 is 1.04 bits per heavy atom. The molecule has 1 N–H and O–H groups in total. The average molecular weight is 356 g/mol. The molecule has 2 heteroatoms. The highest BCUT2D eigenvalue weighted by Crippen LogP contribution is 2.33. The number of hydrogen-bond donors (Lipinski definition) is 1. The number of fused-ring (bicyclic) bond motifs is 2.